The smallest absolute Gasteiger partial charge is 0.198 e. The Morgan fingerprint density at radius 1 is 0.914 bits per heavy atom. The fourth-order valence-corrected chi connectivity index (χ4v) is 5.98. The first-order valence-electron chi connectivity index (χ1n) is 11.0. The van der Waals surface area contributed by atoms with Crippen LogP contribution < -0.4 is 5.32 Å². The van der Waals surface area contributed by atoms with Gasteiger partial charge in [0.1, 0.15) is 17.6 Å². The summed E-state index contributed by atoms with van der Waals surface area (Å²) in [5.41, 5.74) is -5.70. The molecule has 0 fully saturated rings. The van der Waals surface area contributed by atoms with E-state index in [-0.39, 0.29) is 50.4 Å². The molecule has 35 heavy (non-hydrogen) atoms. The third kappa shape index (κ3) is 2.31. The number of benzene rings is 3. The first-order chi connectivity index (χ1) is 16.5. The Labute approximate surface area is 198 Å². The molecule has 0 aromatic heterocycles. The lowest BCUT2D eigenvalue weighted by atomic mass is 9.57. The van der Waals surface area contributed by atoms with Crippen LogP contribution in [0.1, 0.15) is 67.6 Å². The predicted molar refractivity (Wildman–Crippen MR) is 121 cm³/mol. The van der Waals surface area contributed by atoms with Crippen molar-refractivity contribution in [1.82, 2.24) is 0 Å². The second-order valence-electron chi connectivity index (χ2n) is 9.30. The van der Waals surface area contributed by atoms with E-state index < -0.39 is 46.8 Å². The molecule has 178 valence electrons. The van der Waals surface area contributed by atoms with Gasteiger partial charge in [-0.3, -0.25) is 9.59 Å². The summed E-state index contributed by atoms with van der Waals surface area (Å²) in [5.74, 6) is -2.15. The van der Waals surface area contributed by atoms with Crippen molar-refractivity contribution in [1.29, 1.82) is 0 Å². The van der Waals surface area contributed by atoms with Crippen LogP contribution in [0.4, 0.5) is 5.69 Å². The van der Waals surface area contributed by atoms with E-state index in [0.717, 1.165) is 6.07 Å². The summed E-state index contributed by atoms with van der Waals surface area (Å²) in [4.78, 5) is 26.8. The van der Waals surface area contributed by atoms with Crippen molar-refractivity contribution in [2.24, 2.45) is 0 Å². The maximum atomic E-state index is 13.6. The van der Waals surface area contributed by atoms with Crippen LogP contribution in [0.3, 0.4) is 0 Å². The van der Waals surface area contributed by atoms with Gasteiger partial charge < -0.3 is 36.0 Å². The van der Waals surface area contributed by atoms with Crippen LogP contribution in [0.15, 0.2) is 48.5 Å². The normalized spacial score (nSPS) is 28.8. The van der Waals surface area contributed by atoms with Crippen LogP contribution in [-0.4, -0.2) is 53.9 Å². The van der Waals surface area contributed by atoms with E-state index >= 15 is 0 Å². The minimum Gasteiger partial charge on any atom is -0.508 e. The van der Waals surface area contributed by atoms with E-state index in [1.54, 1.807) is 12.1 Å². The van der Waals surface area contributed by atoms with Gasteiger partial charge in [-0.25, -0.2) is 0 Å². The second-order valence-corrected chi connectivity index (χ2v) is 9.30. The molecule has 1 aliphatic heterocycles. The van der Waals surface area contributed by atoms with Gasteiger partial charge in [-0.15, -0.1) is 0 Å². The minimum absolute atomic E-state index is 0.0236. The SMILES string of the molecule is C[C@@H](O)[C@]1(O)[C@H]2Nc3c(cc(O)c4c3C(=O)c3ccccc3C4=O)[C@]1(O)[C@H](O)c1cccc(O)c12. The van der Waals surface area contributed by atoms with E-state index in [0.29, 0.717) is 0 Å². The average molecular weight is 475 g/mol. The van der Waals surface area contributed by atoms with Gasteiger partial charge in [0, 0.05) is 22.3 Å². The first-order valence-corrected chi connectivity index (χ1v) is 11.0. The summed E-state index contributed by atoms with van der Waals surface area (Å²) in [5, 5.41) is 70.4. The van der Waals surface area contributed by atoms with Gasteiger partial charge in [-0.05, 0) is 24.6 Å². The van der Waals surface area contributed by atoms with Crippen LogP contribution in [0.25, 0.3) is 0 Å². The molecule has 6 rings (SSSR count). The number of ketones is 2. The highest BCUT2D eigenvalue weighted by Crippen LogP contribution is 2.63. The number of phenolic OH excluding ortho intramolecular Hbond substituents is 2. The summed E-state index contributed by atoms with van der Waals surface area (Å²) in [6, 6.07) is 9.97. The Morgan fingerprint density at radius 2 is 1.54 bits per heavy atom. The number of nitrogens with one attached hydrogen (secondary N) is 1. The number of phenols is 2. The highest BCUT2D eigenvalue weighted by molar-refractivity contribution is 6.31. The molecule has 9 heteroatoms. The van der Waals surface area contributed by atoms with Crippen molar-refractivity contribution < 1.29 is 40.2 Å². The lowest BCUT2D eigenvalue weighted by molar-refractivity contribution is -0.263. The van der Waals surface area contributed by atoms with Gasteiger partial charge in [0.2, 0.25) is 0 Å². The second kappa shape index (κ2) is 6.67. The van der Waals surface area contributed by atoms with Gasteiger partial charge in [0.25, 0.3) is 0 Å². The molecule has 2 aliphatic carbocycles. The van der Waals surface area contributed by atoms with Crippen LogP contribution >= 0.6 is 0 Å². The molecule has 9 nitrogen and oxygen atoms in total. The number of carbonyl (C=O) groups is 2. The van der Waals surface area contributed by atoms with E-state index in [1.165, 1.54) is 37.3 Å². The fraction of sp³-hybridized carbons (Fsp3) is 0.231. The molecular weight excluding hydrogens is 454 g/mol. The van der Waals surface area contributed by atoms with Crippen LogP contribution in [0, 0.1) is 0 Å². The van der Waals surface area contributed by atoms with Crippen molar-refractivity contribution in [3.63, 3.8) is 0 Å². The van der Waals surface area contributed by atoms with Crippen LogP contribution in [0.2, 0.25) is 0 Å². The molecule has 7 N–H and O–H groups in total. The number of carbonyl (C=O) groups excluding carboxylic acids is 2. The lowest BCUT2D eigenvalue weighted by Crippen LogP contribution is -2.70. The highest BCUT2D eigenvalue weighted by atomic mass is 16.4. The van der Waals surface area contributed by atoms with E-state index in [4.69, 9.17) is 0 Å². The third-order valence-corrected chi connectivity index (χ3v) is 7.66. The molecular formula is C26H21NO8. The van der Waals surface area contributed by atoms with Gasteiger partial charge in [-0.1, -0.05) is 36.4 Å². The van der Waals surface area contributed by atoms with Gasteiger partial charge >= 0.3 is 0 Å². The van der Waals surface area contributed by atoms with Crippen molar-refractivity contribution in [2.45, 2.75) is 36.4 Å². The number of anilines is 1. The van der Waals surface area contributed by atoms with Crippen LogP contribution in [-0.2, 0) is 5.60 Å². The minimum atomic E-state index is -2.64. The molecule has 0 radical (unpaired) electrons. The van der Waals surface area contributed by atoms with Crippen molar-refractivity contribution in [2.75, 3.05) is 5.32 Å². The van der Waals surface area contributed by atoms with E-state index in [9.17, 15) is 40.2 Å². The molecule has 5 atom stereocenters. The topological polar surface area (TPSA) is 168 Å². The number of aromatic hydroxyl groups is 2. The Kier molecular flexibility index (Phi) is 4.15. The molecule has 1 heterocycles. The summed E-state index contributed by atoms with van der Waals surface area (Å²) in [7, 11) is 0. The molecule has 3 aromatic rings. The monoisotopic (exact) mass is 475 g/mol. The molecule has 0 saturated heterocycles. The maximum absolute atomic E-state index is 13.6. The number of aliphatic hydroxyl groups is 4. The molecule has 0 saturated carbocycles. The zero-order valence-electron chi connectivity index (χ0n) is 18.4. The lowest BCUT2D eigenvalue weighted by Gasteiger charge is -2.59. The standard InChI is InChI=1S/C26H21NO8/c1-10(28)25(34)23-17-13(7-4-8-15(17)29)24(33)26(25,35)14-9-16(30)18-19(20(14)27-23)22(32)12-6-3-2-5-11(12)21(18)31/h2-10,23-24,27-30,33-35H,1H3/t10-,23+,24-,25+,26+/m1/s1. The first kappa shape index (κ1) is 21.8. The zero-order valence-corrected chi connectivity index (χ0v) is 18.4. The molecule has 0 amide bonds. The van der Waals surface area contributed by atoms with Crippen molar-refractivity contribution >= 4 is 17.3 Å². The Hall–Kier alpha value is -3.76. The van der Waals surface area contributed by atoms with Crippen LogP contribution in [0.5, 0.6) is 11.5 Å². The Balaban J connectivity index is 1.73. The Bertz CT molecular complexity index is 1480. The third-order valence-electron chi connectivity index (χ3n) is 7.66. The number of fused-ring (bicyclic) bond motifs is 9. The van der Waals surface area contributed by atoms with Gasteiger partial charge in [0.05, 0.1) is 29.0 Å². The maximum Gasteiger partial charge on any atom is 0.198 e. The summed E-state index contributed by atoms with van der Waals surface area (Å²) < 4.78 is 0. The summed E-state index contributed by atoms with van der Waals surface area (Å²) in [6.45, 7) is 1.21. The van der Waals surface area contributed by atoms with Gasteiger partial charge in [-0.2, -0.15) is 0 Å². The number of aliphatic hydroxyl groups excluding tert-OH is 2. The molecule has 0 spiro atoms. The fourth-order valence-electron chi connectivity index (χ4n) is 5.98. The van der Waals surface area contributed by atoms with Crippen molar-refractivity contribution in [3.8, 4) is 11.5 Å². The average Bonchev–Trinajstić information content (AvgIpc) is 2.83. The predicted octanol–water partition coefficient (Wildman–Crippen LogP) is 1.39. The zero-order chi connectivity index (χ0) is 25.0. The number of hydrogen-bond donors (Lipinski definition) is 7. The largest absolute Gasteiger partial charge is 0.508 e. The molecule has 3 aliphatic rings. The van der Waals surface area contributed by atoms with E-state index in [2.05, 4.69) is 5.32 Å². The quantitative estimate of drug-likeness (QED) is 0.201. The molecule has 2 bridgehead atoms. The Morgan fingerprint density at radius 3 is 2.17 bits per heavy atom. The summed E-state index contributed by atoms with van der Waals surface area (Å²) >= 11 is 0. The highest BCUT2D eigenvalue weighted by Gasteiger charge is 2.69. The molecule has 0 unspecified atom stereocenters. The number of rotatable bonds is 1. The van der Waals surface area contributed by atoms with E-state index in [1.807, 2.05) is 0 Å². The van der Waals surface area contributed by atoms with Gasteiger partial charge in [0.15, 0.2) is 22.8 Å². The molecule has 3 aromatic carbocycles. The summed E-state index contributed by atoms with van der Waals surface area (Å²) in [6.07, 6.45) is -3.53. The van der Waals surface area contributed by atoms with Crippen molar-refractivity contribution in [3.05, 3.63) is 87.5 Å². The number of hydrogen-bond acceptors (Lipinski definition) is 9.